The molecule has 3 aromatic rings. The van der Waals surface area contributed by atoms with Crippen molar-refractivity contribution in [3.8, 4) is 5.75 Å². The van der Waals surface area contributed by atoms with Gasteiger partial charge in [-0.25, -0.2) is 12.8 Å². The maximum absolute atomic E-state index is 13.7. The Morgan fingerprint density at radius 2 is 1.59 bits per heavy atom. The van der Waals surface area contributed by atoms with Gasteiger partial charge in [-0.3, -0.25) is 4.72 Å². The van der Waals surface area contributed by atoms with Crippen LogP contribution >= 0.6 is 0 Å². The van der Waals surface area contributed by atoms with Crippen LogP contribution in [0.15, 0.2) is 71.6 Å². The van der Waals surface area contributed by atoms with E-state index in [1.54, 1.807) is 61.5 Å². The fourth-order valence-electron chi connectivity index (χ4n) is 2.57. The number of anilines is 3. The Hall–Kier alpha value is -3.06. The van der Waals surface area contributed by atoms with Crippen LogP contribution in [0.25, 0.3) is 0 Å². The van der Waals surface area contributed by atoms with E-state index in [0.29, 0.717) is 22.8 Å². The Balaban J connectivity index is 1.75. The molecule has 140 valence electrons. The summed E-state index contributed by atoms with van der Waals surface area (Å²) >= 11 is 0. The van der Waals surface area contributed by atoms with Gasteiger partial charge < -0.3 is 10.1 Å². The monoisotopic (exact) mass is 386 g/mol. The first kappa shape index (κ1) is 18.7. The number of hydrogen-bond acceptors (Lipinski definition) is 4. The van der Waals surface area contributed by atoms with Crippen LogP contribution in [0, 0.1) is 12.7 Å². The second-order valence-corrected chi connectivity index (χ2v) is 7.60. The third-order valence-corrected chi connectivity index (χ3v) is 5.35. The quantitative estimate of drug-likeness (QED) is 0.645. The van der Waals surface area contributed by atoms with Crippen molar-refractivity contribution in [2.45, 2.75) is 11.8 Å². The SMILES string of the molecule is COc1ccc(S(=O)(=O)Nc2ccc(Nc3ccccc3F)cc2)cc1C. The topological polar surface area (TPSA) is 67.4 Å². The Labute approximate surface area is 157 Å². The van der Waals surface area contributed by atoms with Crippen molar-refractivity contribution in [3.63, 3.8) is 0 Å². The summed E-state index contributed by atoms with van der Waals surface area (Å²) in [5.41, 5.74) is 2.12. The van der Waals surface area contributed by atoms with E-state index < -0.39 is 10.0 Å². The number of sulfonamides is 1. The summed E-state index contributed by atoms with van der Waals surface area (Å²) in [6.45, 7) is 1.78. The first-order chi connectivity index (χ1) is 12.9. The molecule has 0 fully saturated rings. The van der Waals surface area contributed by atoms with E-state index in [-0.39, 0.29) is 10.7 Å². The van der Waals surface area contributed by atoms with Crippen LogP contribution in [0.4, 0.5) is 21.5 Å². The maximum Gasteiger partial charge on any atom is 0.261 e. The number of nitrogens with one attached hydrogen (secondary N) is 2. The van der Waals surface area contributed by atoms with Crippen LogP contribution in [-0.4, -0.2) is 15.5 Å². The molecule has 0 radical (unpaired) electrons. The van der Waals surface area contributed by atoms with Gasteiger partial charge >= 0.3 is 0 Å². The first-order valence-electron chi connectivity index (χ1n) is 8.18. The van der Waals surface area contributed by atoms with Crippen molar-refractivity contribution in [3.05, 3.63) is 78.1 Å². The lowest BCUT2D eigenvalue weighted by Crippen LogP contribution is -2.13. The Kier molecular flexibility index (Phi) is 5.32. The molecule has 2 N–H and O–H groups in total. The van der Waals surface area contributed by atoms with Crippen LogP contribution in [-0.2, 0) is 10.0 Å². The Bertz CT molecular complexity index is 1050. The zero-order valence-corrected chi connectivity index (χ0v) is 15.7. The van der Waals surface area contributed by atoms with Gasteiger partial charge in [-0.2, -0.15) is 0 Å². The highest BCUT2D eigenvalue weighted by molar-refractivity contribution is 7.92. The molecule has 3 aromatic carbocycles. The van der Waals surface area contributed by atoms with Gasteiger partial charge in [0.15, 0.2) is 0 Å². The summed E-state index contributed by atoms with van der Waals surface area (Å²) < 4.78 is 46.5. The molecular weight excluding hydrogens is 367 g/mol. The highest BCUT2D eigenvalue weighted by atomic mass is 32.2. The van der Waals surface area contributed by atoms with Crippen LogP contribution in [0.5, 0.6) is 5.75 Å². The zero-order chi connectivity index (χ0) is 19.4. The van der Waals surface area contributed by atoms with Crippen molar-refractivity contribution >= 4 is 27.1 Å². The fraction of sp³-hybridized carbons (Fsp3) is 0.100. The van der Waals surface area contributed by atoms with Gasteiger partial charge in [0.2, 0.25) is 0 Å². The summed E-state index contributed by atoms with van der Waals surface area (Å²) in [6.07, 6.45) is 0. The lowest BCUT2D eigenvalue weighted by atomic mass is 10.2. The number of aryl methyl sites for hydroxylation is 1. The first-order valence-corrected chi connectivity index (χ1v) is 9.66. The van der Waals surface area contributed by atoms with E-state index in [1.165, 1.54) is 19.2 Å². The molecule has 3 rings (SSSR count). The number of ether oxygens (including phenoxy) is 1. The average molecular weight is 386 g/mol. The van der Waals surface area contributed by atoms with Crippen molar-refractivity contribution in [1.29, 1.82) is 0 Å². The largest absolute Gasteiger partial charge is 0.496 e. The summed E-state index contributed by atoms with van der Waals surface area (Å²) in [5, 5.41) is 2.95. The van der Waals surface area contributed by atoms with E-state index in [1.807, 2.05) is 0 Å². The molecule has 0 amide bonds. The second-order valence-electron chi connectivity index (χ2n) is 5.92. The lowest BCUT2D eigenvalue weighted by molar-refractivity contribution is 0.411. The Morgan fingerprint density at radius 1 is 0.926 bits per heavy atom. The maximum atomic E-state index is 13.7. The lowest BCUT2D eigenvalue weighted by Gasteiger charge is -2.12. The molecule has 0 heterocycles. The molecule has 7 heteroatoms. The van der Waals surface area contributed by atoms with Crippen LogP contribution in [0.1, 0.15) is 5.56 Å². The minimum absolute atomic E-state index is 0.148. The van der Waals surface area contributed by atoms with Gasteiger partial charge in [-0.15, -0.1) is 0 Å². The third kappa shape index (κ3) is 4.38. The van der Waals surface area contributed by atoms with Gasteiger partial charge in [0.25, 0.3) is 10.0 Å². The smallest absolute Gasteiger partial charge is 0.261 e. The molecule has 0 spiro atoms. The van der Waals surface area contributed by atoms with Crippen molar-refractivity contribution < 1.29 is 17.5 Å². The molecule has 0 aliphatic rings. The molecule has 0 atom stereocenters. The molecule has 0 saturated heterocycles. The highest BCUT2D eigenvalue weighted by Gasteiger charge is 2.15. The predicted octanol–water partition coefficient (Wildman–Crippen LogP) is 4.69. The third-order valence-electron chi connectivity index (χ3n) is 3.97. The van der Waals surface area contributed by atoms with E-state index >= 15 is 0 Å². The van der Waals surface area contributed by atoms with E-state index in [4.69, 9.17) is 4.74 Å². The van der Waals surface area contributed by atoms with Gasteiger partial charge in [0, 0.05) is 11.4 Å². The molecule has 27 heavy (non-hydrogen) atoms. The van der Waals surface area contributed by atoms with Crippen molar-refractivity contribution in [2.75, 3.05) is 17.1 Å². The van der Waals surface area contributed by atoms with E-state index in [9.17, 15) is 12.8 Å². The molecule has 0 bridgehead atoms. The van der Waals surface area contributed by atoms with Gasteiger partial charge in [0.1, 0.15) is 11.6 Å². The number of halogens is 1. The molecule has 5 nitrogen and oxygen atoms in total. The van der Waals surface area contributed by atoms with Crippen LogP contribution in [0.2, 0.25) is 0 Å². The van der Waals surface area contributed by atoms with Crippen molar-refractivity contribution in [1.82, 2.24) is 0 Å². The Morgan fingerprint density at radius 3 is 2.22 bits per heavy atom. The number of rotatable bonds is 6. The normalized spacial score (nSPS) is 11.1. The van der Waals surface area contributed by atoms with E-state index in [2.05, 4.69) is 10.0 Å². The molecule has 0 aliphatic carbocycles. The number of para-hydroxylation sites is 1. The number of benzene rings is 3. The molecule has 0 aliphatic heterocycles. The summed E-state index contributed by atoms with van der Waals surface area (Å²) in [4.78, 5) is 0.148. The number of hydrogen-bond donors (Lipinski definition) is 2. The van der Waals surface area contributed by atoms with Gasteiger partial charge in [-0.05, 0) is 67.1 Å². The minimum Gasteiger partial charge on any atom is -0.496 e. The van der Waals surface area contributed by atoms with Gasteiger partial charge in [0.05, 0.1) is 17.7 Å². The average Bonchev–Trinajstić information content (AvgIpc) is 2.65. The summed E-state index contributed by atoms with van der Waals surface area (Å²) in [6, 6.07) is 17.5. The van der Waals surface area contributed by atoms with Crippen LogP contribution < -0.4 is 14.8 Å². The number of methoxy groups -OCH3 is 1. The summed E-state index contributed by atoms with van der Waals surface area (Å²) in [7, 11) is -2.19. The predicted molar refractivity (Wildman–Crippen MR) is 105 cm³/mol. The van der Waals surface area contributed by atoms with Crippen molar-refractivity contribution in [2.24, 2.45) is 0 Å². The van der Waals surface area contributed by atoms with Gasteiger partial charge in [-0.1, -0.05) is 12.1 Å². The van der Waals surface area contributed by atoms with Crippen LogP contribution in [0.3, 0.4) is 0 Å². The molecule has 0 unspecified atom stereocenters. The molecular formula is C20H19FN2O3S. The molecule has 0 aromatic heterocycles. The highest BCUT2D eigenvalue weighted by Crippen LogP contribution is 2.25. The zero-order valence-electron chi connectivity index (χ0n) is 14.9. The van der Waals surface area contributed by atoms with E-state index in [0.717, 1.165) is 5.56 Å². The fourth-order valence-corrected chi connectivity index (χ4v) is 3.72. The minimum atomic E-state index is -3.73. The molecule has 0 saturated carbocycles. The second kappa shape index (κ2) is 7.67. The summed E-state index contributed by atoms with van der Waals surface area (Å²) in [5.74, 6) is 0.259. The standard InChI is InChI=1S/C20H19FN2O3S/c1-14-13-17(11-12-20(14)26-2)27(24,25)23-16-9-7-15(8-10-16)22-19-6-4-3-5-18(19)21/h3-13,22-23H,1-2H3.